The van der Waals surface area contributed by atoms with Crippen molar-refractivity contribution in [1.82, 2.24) is 4.98 Å². The number of nitrogens with zero attached hydrogens (tertiary/aromatic N) is 1. The Morgan fingerprint density at radius 2 is 2.04 bits per heavy atom. The van der Waals surface area contributed by atoms with E-state index < -0.39 is 0 Å². The molecule has 1 aliphatic rings. The summed E-state index contributed by atoms with van der Waals surface area (Å²) in [5, 5.41) is 6.07. The maximum atomic E-state index is 11.5. The van der Waals surface area contributed by atoms with Crippen molar-refractivity contribution in [3.63, 3.8) is 0 Å². The van der Waals surface area contributed by atoms with Crippen molar-refractivity contribution < 1.29 is 29.3 Å². The van der Waals surface area contributed by atoms with Gasteiger partial charge in [0.25, 0.3) is 5.91 Å². The van der Waals surface area contributed by atoms with Gasteiger partial charge < -0.3 is 15.4 Å². The van der Waals surface area contributed by atoms with Crippen molar-refractivity contribution in [2.24, 2.45) is 0 Å². The monoisotopic (exact) mass is 508 g/mol. The van der Waals surface area contributed by atoms with E-state index in [4.69, 9.17) is 4.74 Å². The number of anilines is 3. The van der Waals surface area contributed by atoms with Gasteiger partial charge in [0, 0.05) is 6.20 Å². The van der Waals surface area contributed by atoms with Crippen LogP contribution < -0.4 is 15.4 Å². The molecule has 5 nitrogen and oxygen atoms in total. The number of benzene rings is 2. The van der Waals surface area contributed by atoms with Crippen molar-refractivity contribution in [3.8, 4) is 16.9 Å². The number of rotatable bonds is 3. The molecule has 0 fully saturated rings. The molecule has 0 aliphatic carbocycles. The molecular weight excluding hydrogens is 492 g/mol. The Kier molecular flexibility index (Phi) is 5.11. The smallest absolute Gasteiger partial charge is 0.482 e. The maximum Gasteiger partial charge on any atom is 1.00 e. The van der Waals surface area contributed by atoms with Gasteiger partial charge in [-0.2, -0.15) is 24.3 Å². The molecule has 0 atom stereocenters. The van der Waals surface area contributed by atoms with Gasteiger partial charge in [0.1, 0.15) is 11.6 Å². The number of nitrogens with one attached hydrogen (secondary N) is 2. The van der Waals surface area contributed by atoms with Crippen LogP contribution in [-0.2, 0) is 24.6 Å². The molecule has 1 amide bonds. The molecule has 1 aliphatic heterocycles. The van der Waals surface area contributed by atoms with Crippen LogP contribution in [0.1, 0.15) is 0 Å². The van der Waals surface area contributed by atoms with Gasteiger partial charge in [-0.3, -0.25) is 4.79 Å². The number of amides is 1. The number of hydrogen-bond donors (Lipinski definition) is 2. The number of pyridine rings is 1. The molecule has 2 aromatic carbocycles. The van der Waals surface area contributed by atoms with E-state index in [-0.39, 0.29) is 32.3 Å². The molecule has 0 bridgehead atoms. The van der Waals surface area contributed by atoms with Gasteiger partial charge in [-0.05, 0) is 35.4 Å². The third-order valence-corrected chi connectivity index (χ3v) is 3.69. The second-order valence-corrected chi connectivity index (χ2v) is 5.39. The molecule has 125 valence electrons. The molecule has 25 heavy (non-hydrogen) atoms. The van der Waals surface area contributed by atoms with Crippen LogP contribution in [0.15, 0.2) is 60.8 Å². The second-order valence-electron chi connectivity index (χ2n) is 5.39. The Balaban J connectivity index is 0.00000182. The summed E-state index contributed by atoms with van der Waals surface area (Å²) >= 11 is 0. The normalized spacial score (nSPS) is 12.2. The van der Waals surface area contributed by atoms with Gasteiger partial charge >= 0.3 is 19.8 Å². The molecule has 1 radical (unpaired) electrons. The van der Waals surface area contributed by atoms with E-state index >= 15 is 0 Å². The number of fused-ring (bicyclic) bond motifs is 1. The summed E-state index contributed by atoms with van der Waals surface area (Å²) in [5.74, 6) is 1.28. The Labute approximate surface area is 158 Å². The fourth-order valence-electron chi connectivity index (χ4n) is 2.56. The number of aromatic nitrogens is 1. The van der Waals surface area contributed by atoms with Gasteiger partial charge in [0.2, 0.25) is 0 Å². The third kappa shape index (κ3) is 3.86. The minimum absolute atomic E-state index is 0. The summed E-state index contributed by atoms with van der Waals surface area (Å²) in [6.45, 7) is 0.0593. The van der Waals surface area contributed by atoms with E-state index in [0.29, 0.717) is 11.4 Å². The second kappa shape index (κ2) is 7.46. The SMILES string of the molecule is O=C1COc2ccc(-c3ccnc(Nc4c[c-]ccc4)c3)cc2N1.[Os+]. The first-order valence-electron chi connectivity index (χ1n) is 7.54. The van der Waals surface area contributed by atoms with Crippen molar-refractivity contribution in [1.29, 1.82) is 0 Å². The fourth-order valence-corrected chi connectivity index (χ4v) is 2.56. The Bertz CT molecular complexity index is 900. The minimum atomic E-state index is -0.142. The van der Waals surface area contributed by atoms with Crippen molar-refractivity contribution >= 4 is 23.1 Å². The zero-order valence-corrected chi connectivity index (χ0v) is 15.6. The molecule has 4 rings (SSSR count). The van der Waals surface area contributed by atoms with Crippen LogP contribution in [0.2, 0.25) is 0 Å². The number of carbonyl (C=O) groups excluding carboxylic acids is 1. The van der Waals surface area contributed by atoms with Gasteiger partial charge in [0.15, 0.2) is 6.61 Å². The van der Waals surface area contributed by atoms with Gasteiger partial charge in [-0.15, -0.1) is 6.07 Å². The van der Waals surface area contributed by atoms with Crippen LogP contribution in [-0.4, -0.2) is 17.5 Å². The molecule has 3 aromatic rings. The first-order valence-corrected chi connectivity index (χ1v) is 7.54. The van der Waals surface area contributed by atoms with E-state index in [9.17, 15) is 4.79 Å². The molecule has 2 heterocycles. The van der Waals surface area contributed by atoms with Crippen LogP contribution in [0.4, 0.5) is 17.2 Å². The summed E-state index contributed by atoms with van der Waals surface area (Å²) in [6.07, 6.45) is 1.75. The van der Waals surface area contributed by atoms with Crippen molar-refractivity contribution in [2.45, 2.75) is 0 Å². The first-order chi connectivity index (χ1) is 11.8. The molecule has 0 unspecified atom stereocenters. The molecule has 0 saturated carbocycles. The van der Waals surface area contributed by atoms with Crippen LogP contribution in [0.5, 0.6) is 5.75 Å². The predicted octanol–water partition coefficient (Wildman–Crippen LogP) is 3.62. The van der Waals surface area contributed by atoms with Gasteiger partial charge in [-0.1, -0.05) is 11.8 Å². The summed E-state index contributed by atoms with van der Waals surface area (Å²) in [7, 11) is 0. The van der Waals surface area contributed by atoms with E-state index in [1.807, 2.05) is 54.6 Å². The average molecular weight is 507 g/mol. The van der Waals surface area contributed by atoms with E-state index in [2.05, 4.69) is 21.7 Å². The zero-order chi connectivity index (χ0) is 16.4. The largest absolute Gasteiger partial charge is 1.00 e. The Morgan fingerprint density at radius 3 is 2.88 bits per heavy atom. The average Bonchev–Trinajstić information content (AvgIpc) is 2.62. The molecule has 2 N–H and O–H groups in total. The number of carbonyl (C=O) groups is 1. The van der Waals surface area contributed by atoms with Crippen molar-refractivity contribution in [2.75, 3.05) is 17.2 Å². The standard InChI is InChI=1S/C19H14N3O2.Os/c23-19-12-24-17-7-6-13(10-16(17)22-19)14-8-9-20-18(11-14)21-15-4-2-1-3-5-15;/h1-2,4-11H,12H2,(H,20,21)(H,22,23);/q-1;+1. The summed E-state index contributed by atoms with van der Waals surface area (Å²) < 4.78 is 5.39. The van der Waals surface area contributed by atoms with Crippen LogP contribution >= 0.6 is 0 Å². The molecular formula is C19H14N3O2Os. The Morgan fingerprint density at radius 1 is 1.16 bits per heavy atom. The fraction of sp³-hybridized carbons (Fsp3) is 0.0526. The van der Waals surface area contributed by atoms with Crippen LogP contribution in [0.25, 0.3) is 11.1 Å². The molecule has 6 heteroatoms. The van der Waals surface area contributed by atoms with Crippen LogP contribution in [0, 0.1) is 6.07 Å². The Hall–Kier alpha value is -2.70. The molecule has 0 spiro atoms. The van der Waals surface area contributed by atoms with E-state index in [1.54, 1.807) is 6.20 Å². The van der Waals surface area contributed by atoms with Gasteiger partial charge in [0.05, 0.1) is 5.69 Å². The number of ether oxygens (including phenoxy) is 1. The number of hydrogen-bond acceptors (Lipinski definition) is 4. The van der Waals surface area contributed by atoms with E-state index in [1.165, 1.54) is 0 Å². The van der Waals surface area contributed by atoms with E-state index in [0.717, 1.165) is 22.6 Å². The summed E-state index contributed by atoms with van der Waals surface area (Å²) in [6, 6.07) is 20.2. The summed E-state index contributed by atoms with van der Waals surface area (Å²) in [5.41, 5.74) is 3.58. The summed E-state index contributed by atoms with van der Waals surface area (Å²) in [4.78, 5) is 15.8. The quantitative estimate of drug-likeness (QED) is 0.533. The van der Waals surface area contributed by atoms with Crippen LogP contribution in [0.3, 0.4) is 0 Å². The molecule has 0 saturated heterocycles. The minimum Gasteiger partial charge on any atom is -0.482 e. The van der Waals surface area contributed by atoms with Gasteiger partial charge in [-0.25, -0.2) is 4.98 Å². The third-order valence-electron chi connectivity index (χ3n) is 3.69. The van der Waals surface area contributed by atoms with Crippen molar-refractivity contribution in [3.05, 3.63) is 66.9 Å². The zero-order valence-electron chi connectivity index (χ0n) is 13.1. The topological polar surface area (TPSA) is 63.2 Å². The predicted molar refractivity (Wildman–Crippen MR) is 92.4 cm³/mol. The maximum absolute atomic E-state index is 11.5. The first kappa shape index (κ1) is 17.1. The molecule has 1 aromatic heterocycles.